The second kappa shape index (κ2) is 8.78. The van der Waals surface area contributed by atoms with E-state index in [9.17, 15) is 19.7 Å². The van der Waals surface area contributed by atoms with E-state index >= 15 is 0 Å². The van der Waals surface area contributed by atoms with Crippen LogP contribution in [0.2, 0.25) is 0 Å². The van der Waals surface area contributed by atoms with Crippen LogP contribution in [0.15, 0.2) is 36.0 Å². The Labute approximate surface area is 131 Å². The lowest BCUT2D eigenvalue weighted by molar-refractivity contribution is -0.383. The number of carboxylic acid groups (broad SMARTS) is 1. The van der Waals surface area contributed by atoms with Gasteiger partial charge < -0.3 is 15.7 Å². The van der Waals surface area contributed by atoms with Crippen LogP contribution < -0.4 is 10.6 Å². The van der Waals surface area contributed by atoms with Gasteiger partial charge in [-0.1, -0.05) is 12.1 Å². The van der Waals surface area contributed by atoms with Gasteiger partial charge in [-0.3, -0.25) is 19.7 Å². The van der Waals surface area contributed by atoms with Crippen LogP contribution >= 0.6 is 0 Å². The molecule has 1 aromatic rings. The number of benzene rings is 1. The average molecular weight is 318 g/mol. The van der Waals surface area contributed by atoms with Crippen molar-refractivity contribution < 1.29 is 19.6 Å². The minimum atomic E-state index is -0.978. The third kappa shape index (κ3) is 5.84. The standard InChI is InChI=1S/C14H14N4O5/c15-8-10(14(21)16-7-3-6-13(19)20)9-17-11-4-1-2-5-12(11)18(22)23/h1-2,4-5,9,17H,3,6-7H2,(H,16,21)(H,19,20)/b10-9-. The Bertz CT molecular complexity index is 678. The van der Waals surface area contributed by atoms with Gasteiger partial charge in [0.2, 0.25) is 0 Å². The molecular formula is C14H14N4O5. The first kappa shape index (κ1) is 17.6. The summed E-state index contributed by atoms with van der Waals surface area (Å²) in [5, 5.41) is 33.2. The van der Waals surface area contributed by atoms with E-state index in [4.69, 9.17) is 10.4 Å². The van der Waals surface area contributed by atoms with Gasteiger partial charge in [-0.15, -0.1) is 0 Å². The van der Waals surface area contributed by atoms with Crippen molar-refractivity contribution in [3.63, 3.8) is 0 Å². The van der Waals surface area contributed by atoms with E-state index in [0.717, 1.165) is 6.20 Å². The van der Waals surface area contributed by atoms with Crippen LogP contribution in [0, 0.1) is 21.4 Å². The Morgan fingerprint density at radius 1 is 1.39 bits per heavy atom. The lowest BCUT2D eigenvalue weighted by Crippen LogP contribution is -2.26. The van der Waals surface area contributed by atoms with Crippen molar-refractivity contribution in [3.05, 3.63) is 46.2 Å². The highest BCUT2D eigenvalue weighted by Crippen LogP contribution is 2.23. The van der Waals surface area contributed by atoms with Crippen molar-refractivity contribution in [1.82, 2.24) is 5.32 Å². The highest BCUT2D eigenvalue weighted by molar-refractivity contribution is 5.97. The number of nitro groups is 1. The molecule has 3 N–H and O–H groups in total. The van der Waals surface area contributed by atoms with Gasteiger partial charge in [-0.2, -0.15) is 5.26 Å². The second-order valence-corrected chi connectivity index (χ2v) is 4.34. The van der Waals surface area contributed by atoms with Crippen LogP contribution in [0.5, 0.6) is 0 Å². The maximum atomic E-state index is 11.7. The molecule has 0 heterocycles. The molecule has 1 rings (SSSR count). The van der Waals surface area contributed by atoms with Gasteiger partial charge in [0, 0.05) is 25.2 Å². The van der Waals surface area contributed by atoms with Crippen molar-refractivity contribution in [3.8, 4) is 6.07 Å². The molecule has 0 bridgehead atoms. The number of nitriles is 1. The number of aliphatic carboxylic acids is 1. The number of hydrogen-bond donors (Lipinski definition) is 3. The zero-order valence-corrected chi connectivity index (χ0v) is 12.0. The SMILES string of the molecule is N#C/C(=C/Nc1ccccc1[N+](=O)[O-])C(=O)NCCCC(=O)O. The predicted molar refractivity (Wildman–Crippen MR) is 80.3 cm³/mol. The van der Waals surface area contributed by atoms with Crippen molar-refractivity contribution >= 4 is 23.3 Å². The fraction of sp³-hybridized carbons (Fsp3) is 0.214. The summed E-state index contributed by atoms with van der Waals surface area (Å²) in [4.78, 5) is 32.3. The van der Waals surface area contributed by atoms with Crippen LogP contribution in [0.1, 0.15) is 12.8 Å². The van der Waals surface area contributed by atoms with E-state index in [-0.39, 0.29) is 36.3 Å². The molecule has 0 saturated carbocycles. The Hall–Kier alpha value is -3.41. The maximum Gasteiger partial charge on any atom is 0.303 e. The number of amides is 1. The van der Waals surface area contributed by atoms with Crippen molar-refractivity contribution in [2.24, 2.45) is 0 Å². The van der Waals surface area contributed by atoms with Gasteiger partial charge in [-0.25, -0.2) is 0 Å². The lowest BCUT2D eigenvalue weighted by Gasteiger charge is -2.05. The molecule has 0 aliphatic rings. The molecule has 0 aliphatic heterocycles. The molecule has 0 fully saturated rings. The molecule has 0 spiro atoms. The molecule has 0 aromatic heterocycles. The van der Waals surface area contributed by atoms with Gasteiger partial charge in [0.05, 0.1) is 4.92 Å². The number of para-hydroxylation sites is 2. The largest absolute Gasteiger partial charge is 0.481 e. The summed E-state index contributed by atoms with van der Waals surface area (Å²) in [5.74, 6) is -1.67. The monoisotopic (exact) mass is 318 g/mol. The molecule has 0 aliphatic carbocycles. The summed E-state index contributed by atoms with van der Waals surface area (Å²) in [6.07, 6.45) is 1.20. The van der Waals surface area contributed by atoms with Gasteiger partial charge >= 0.3 is 5.97 Å². The van der Waals surface area contributed by atoms with Gasteiger partial charge in [0.25, 0.3) is 11.6 Å². The summed E-state index contributed by atoms with van der Waals surface area (Å²) in [5.41, 5.74) is -0.328. The third-order valence-electron chi connectivity index (χ3n) is 2.69. The first-order chi connectivity index (χ1) is 11.0. The molecule has 0 unspecified atom stereocenters. The molecule has 1 amide bonds. The van der Waals surface area contributed by atoms with Crippen molar-refractivity contribution in [1.29, 1.82) is 5.26 Å². The van der Waals surface area contributed by atoms with E-state index < -0.39 is 16.8 Å². The molecule has 0 saturated heterocycles. The molecule has 9 nitrogen and oxygen atoms in total. The number of carbonyl (C=O) groups excluding carboxylic acids is 1. The summed E-state index contributed by atoms with van der Waals surface area (Å²) >= 11 is 0. The normalized spacial score (nSPS) is 10.5. The van der Waals surface area contributed by atoms with Gasteiger partial charge in [0.15, 0.2) is 0 Å². The predicted octanol–water partition coefficient (Wildman–Crippen LogP) is 1.40. The van der Waals surface area contributed by atoms with Crippen LogP contribution in [0.25, 0.3) is 0 Å². The molecule has 0 radical (unpaired) electrons. The van der Waals surface area contributed by atoms with E-state index in [1.54, 1.807) is 12.1 Å². The lowest BCUT2D eigenvalue weighted by atomic mass is 10.2. The maximum absolute atomic E-state index is 11.7. The second-order valence-electron chi connectivity index (χ2n) is 4.34. The Balaban J connectivity index is 2.69. The van der Waals surface area contributed by atoms with Crippen molar-refractivity contribution in [2.75, 3.05) is 11.9 Å². The number of hydrogen-bond acceptors (Lipinski definition) is 6. The molecule has 9 heteroatoms. The highest BCUT2D eigenvalue weighted by atomic mass is 16.6. The Morgan fingerprint density at radius 3 is 2.70 bits per heavy atom. The van der Waals surface area contributed by atoms with Gasteiger partial charge in [0.1, 0.15) is 17.3 Å². The number of rotatable bonds is 8. The number of nitrogens with one attached hydrogen (secondary N) is 2. The molecule has 0 atom stereocenters. The fourth-order valence-electron chi connectivity index (χ4n) is 1.59. The van der Waals surface area contributed by atoms with E-state index in [1.165, 1.54) is 18.2 Å². The van der Waals surface area contributed by atoms with E-state index in [2.05, 4.69) is 10.6 Å². The summed E-state index contributed by atoms with van der Waals surface area (Å²) < 4.78 is 0. The van der Waals surface area contributed by atoms with E-state index in [0.29, 0.717) is 0 Å². The van der Waals surface area contributed by atoms with Crippen LogP contribution in [0.3, 0.4) is 0 Å². The van der Waals surface area contributed by atoms with Crippen LogP contribution in [0.4, 0.5) is 11.4 Å². The first-order valence-corrected chi connectivity index (χ1v) is 6.56. The summed E-state index contributed by atoms with van der Waals surface area (Å²) in [6, 6.07) is 7.46. The molecule has 23 heavy (non-hydrogen) atoms. The Morgan fingerprint density at radius 2 is 2.09 bits per heavy atom. The zero-order valence-electron chi connectivity index (χ0n) is 12.0. The van der Waals surface area contributed by atoms with Crippen LogP contribution in [-0.2, 0) is 9.59 Å². The number of carbonyl (C=O) groups is 2. The number of nitrogens with zero attached hydrogens (tertiary/aromatic N) is 2. The van der Waals surface area contributed by atoms with Gasteiger partial charge in [-0.05, 0) is 12.5 Å². The molecule has 120 valence electrons. The van der Waals surface area contributed by atoms with Crippen LogP contribution in [-0.4, -0.2) is 28.5 Å². The molecular weight excluding hydrogens is 304 g/mol. The Kier molecular flexibility index (Phi) is 6.74. The number of nitro benzene ring substituents is 1. The smallest absolute Gasteiger partial charge is 0.303 e. The quantitative estimate of drug-likeness (QED) is 0.216. The number of carboxylic acids is 1. The summed E-state index contributed by atoms with van der Waals surface area (Å²) in [7, 11) is 0. The first-order valence-electron chi connectivity index (χ1n) is 6.56. The minimum Gasteiger partial charge on any atom is -0.481 e. The zero-order chi connectivity index (χ0) is 17.2. The third-order valence-corrected chi connectivity index (χ3v) is 2.69. The minimum absolute atomic E-state index is 0.0969. The fourth-order valence-corrected chi connectivity index (χ4v) is 1.59. The van der Waals surface area contributed by atoms with Crippen molar-refractivity contribution in [2.45, 2.75) is 12.8 Å². The summed E-state index contributed by atoms with van der Waals surface area (Å²) in [6.45, 7) is 0.107. The number of anilines is 1. The average Bonchev–Trinajstić information content (AvgIpc) is 2.52. The topological polar surface area (TPSA) is 145 Å². The highest BCUT2D eigenvalue weighted by Gasteiger charge is 2.13. The van der Waals surface area contributed by atoms with E-state index in [1.807, 2.05) is 0 Å². The molecule has 1 aromatic carbocycles.